The van der Waals surface area contributed by atoms with Crippen LogP contribution >= 0.6 is 38.5 Å². The Kier molecular flexibility index (Phi) is 4.34. The molecule has 1 atom stereocenters. The lowest BCUT2D eigenvalue weighted by molar-refractivity contribution is 0.214. The first-order valence-electron chi connectivity index (χ1n) is 5.07. The van der Waals surface area contributed by atoms with E-state index in [4.69, 9.17) is 0 Å². The van der Waals surface area contributed by atoms with E-state index < -0.39 is 17.7 Å². The minimum Gasteiger partial charge on any atom is -0.384 e. The molecule has 94 valence electrons. The Morgan fingerprint density at radius 1 is 1.06 bits per heavy atom. The second-order valence-corrected chi connectivity index (χ2v) is 5.84. The van der Waals surface area contributed by atoms with Crippen LogP contribution in [-0.4, -0.2) is 5.11 Å². The lowest BCUT2D eigenvalue weighted by Gasteiger charge is -2.13. The number of aliphatic hydroxyl groups excluding tert-OH is 1. The standard InChI is InChI=1S/C13H8BrF2IO/c14-10-6-11(15)9(5-12(10)16)13(18)7-1-3-8(17)4-2-7/h1-6,13,18H. The van der Waals surface area contributed by atoms with Gasteiger partial charge in [-0.1, -0.05) is 12.1 Å². The maximum absolute atomic E-state index is 13.7. The number of halogens is 4. The van der Waals surface area contributed by atoms with Crippen molar-refractivity contribution >= 4 is 38.5 Å². The van der Waals surface area contributed by atoms with Crippen LogP contribution in [0.3, 0.4) is 0 Å². The molecule has 0 radical (unpaired) electrons. The topological polar surface area (TPSA) is 20.2 Å². The molecule has 1 unspecified atom stereocenters. The van der Waals surface area contributed by atoms with Crippen LogP contribution in [0.1, 0.15) is 17.2 Å². The molecule has 0 bridgehead atoms. The highest BCUT2D eigenvalue weighted by Crippen LogP contribution is 2.28. The summed E-state index contributed by atoms with van der Waals surface area (Å²) in [6, 6.07) is 8.98. The average Bonchev–Trinajstić information content (AvgIpc) is 2.34. The summed E-state index contributed by atoms with van der Waals surface area (Å²) in [6.07, 6.45) is -1.18. The lowest BCUT2D eigenvalue weighted by atomic mass is 10.0. The van der Waals surface area contributed by atoms with E-state index in [0.29, 0.717) is 5.56 Å². The van der Waals surface area contributed by atoms with Gasteiger partial charge in [0.15, 0.2) is 0 Å². The Hall–Kier alpha value is -0.530. The second-order valence-electron chi connectivity index (χ2n) is 3.74. The van der Waals surface area contributed by atoms with Gasteiger partial charge in [-0.25, -0.2) is 8.78 Å². The zero-order valence-corrected chi connectivity index (χ0v) is 12.7. The molecule has 18 heavy (non-hydrogen) atoms. The van der Waals surface area contributed by atoms with Crippen LogP contribution in [-0.2, 0) is 0 Å². The van der Waals surface area contributed by atoms with Crippen LogP contribution in [0, 0.1) is 15.2 Å². The van der Waals surface area contributed by atoms with Crippen LogP contribution in [0.2, 0.25) is 0 Å². The molecule has 0 fully saturated rings. The van der Waals surface area contributed by atoms with E-state index in [1.54, 1.807) is 24.3 Å². The Labute approximate surface area is 125 Å². The summed E-state index contributed by atoms with van der Waals surface area (Å²) in [5.74, 6) is -1.25. The van der Waals surface area contributed by atoms with Crippen molar-refractivity contribution in [3.8, 4) is 0 Å². The van der Waals surface area contributed by atoms with Crippen molar-refractivity contribution in [2.45, 2.75) is 6.10 Å². The van der Waals surface area contributed by atoms with Gasteiger partial charge in [-0.15, -0.1) is 0 Å². The molecule has 0 aliphatic rings. The molecular weight excluding hydrogens is 417 g/mol. The van der Waals surface area contributed by atoms with E-state index in [9.17, 15) is 13.9 Å². The van der Waals surface area contributed by atoms with E-state index in [-0.39, 0.29) is 10.0 Å². The predicted molar refractivity (Wildman–Crippen MR) is 77.3 cm³/mol. The van der Waals surface area contributed by atoms with Gasteiger partial charge in [-0.05, 0) is 68.3 Å². The molecule has 0 amide bonds. The van der Waals surface area contributed by atoms with Crippen LogP contribution in [0.15, 0.2) is 40.9 Å². The van der Waals surface area contributed by atoms with E-state index in [1.807, 2.05) is 0 Å². The molecule has 0 saturated heterocycles. The van der Waals surface area contributed by atoms with Gasteiger partial charge in [0, 0.05) is 9.13 Å². The van der Waals surface area contributed by atoms with Crippen molar-refractivity contribution in [3.05, 3.63) is 67.2 Å². The number of aliphatic hydroxyl groups is 1. The summed E-state index contributed by atoms with van der Waals surface area (Å²) in [5.41, 5.74) is 0.452. The molecule has 0 saturated carbocycles. The fourth-order valence-electron chi connectivity index (χ4n) is 1.57. The third-order valence-corrected chi connectivity index (χ3v) is 3.85. The monoisotopic (exact) mass is 424 g/mol. The molecule has 1 nitrogen and oxygen atoms in total. The predicted octanol–water partition coefficient (Wildman–Crippen LogP) is 4.41. The highest BCUT2D eigenvalue weighted by Gasteiger charge is 2.17. The van der Waals surface area contributed by atoms with Crippen LogP contribution in [0.25, 0.3) is 0 Å². The summed E-state index contributed by atoms with van der Waals surface area (Å²) in [5, 5.41) is 10.1. The molecule has 5 heteroatoms. The zero-order valence-electron chi connectivity index (χ0n) is 9.00. The summed E-state index contributed by atoms with van der Waals surface area (Å²) in [4.78, 5) is 0. The highest BCUT2D eigenvalue weighted by atomic mass is 127. The van der Waals surface area contributed by atoms with Gasteiger partial charge in [0.25, 0.3) is 0 Å². The van der Waals surface area contributed by atoms with Crippen molar-refractivity contribution in [1.29, 1.82) is 0 Å². The minimum atomic E-state index is -1.18. The van der Waals surface area contributed by atoms with E-state index >= 15 is 0 Å². The van der Waals surface area contributed by atoms with Gasteiger partial charge in [0.2, 0.25) is 0 Å². The van der Waals surface area contributed by atoms with E-state index in [1.165, 1.54) is 0 Å². The molecule has 2 rings (SSSR count). The minimum absolute atomic E-state index is 0.0403. The maximum Gasteiger partial charge on any atom is 0.137 e. The first-order chi connectivity index (χ1) is 8.49. The third kappa shape index (κ3) is 2.89. The first kappa shape index (κ1) is 13.9. The largest absolute Gasteiger partial charge is 0.384 e. The smallest absolute Gasteiger partial charge is 0.137 e. The molecular formula is C13H8BrF2IO. The fourth-order valence-corrected chi connectivity index (χ4v) is 2.25. The summed E-state index contributed by atoms with van der Waals surface area (Å²) in [6.45, 7) is 0. The summed E-state index contributed by atoms with van der Waals surface area (Å²) in [7, 11) is 0. The maximum atomic E-state index is 13.7. The number of benzene rings is 2. The van der Waals surface area contributed by atoms with Crippen molar-refractivity contribution in [3.63, 3.8) is 0 Å². The third-order valence-electron chi connectivity index (χ3n) is 2.52. The van der Waals surface area contributed by atoms with Crippen molar-refractivity contribution in [2.24, 2.45) is 0 Å². The molecule has 2 aromatic carbocycles. The first-order valence-corrected chi connectivity index (χ1v) is 6.94. The molecule has 0 aromatic heterocycles. The van der Waals surface area contributed by atoms with Gasteiger partial charge in [0.05, 0.1) is 4.47 Å². The summed E-state index contributed by atoms with van der Waals surface area (Å²) < 4.78 is 28.1. The molecule has 0 aliphatic heterocycles. The van der Waals surface area contributed by atoms with Gasteiger partial charge in [-0.3, -0.25) is 0 Å². The van der Waals surface area contributed by atoms with Gasteiger partial charge in [0.1, 0.15) is 17.7 Å². The number of rotatable bonds is 2. The number of hydrogen-bond acceptors (Lipinski definition) is 1. The van der Waals surface area contributed by atoms with Gasteiger partial charge in [-0.2, -0.15) is 0 Å². The van der Waals surface area contributed by atoms with E-state index in [0.717, 1.165) is 15.7 Å². The van der Waals surface area contributed by atoms with Crippen molar-refractivity contribution in [2.75, 3.05) is 0 Å². The Morgan fingerprint density at radius 3 is 2.28 bits per heavy atom. The Balaban J connectivity index is 2.42. The SMILES string of the molecule is OC(c1ccc(I)cc1)c1cc(F)c(Br)cc1F. The molecule has 0 aliphatic carbocycles. The second kappa shape index (κ2) is 5.63. The Bertz CT molecular complexity index is 572. The molecule has 0 spiro atoms. The van der Waals surface area contributed by atoms with Crippen LogP contribution < -0.4 is 0 Å². The molecule has 1 N–H and O–H groups in total. The van der Waals surface area contributed by atoms with Gasteiger partial charge >= 0.3 is 0 Å². The number of hydrogen-bond donors (Lipinski definition) is 1. The van der Waals surface area contributed by atoms with Crippen molar-refractivity contribution in [1.82, 2.24) is 0 Å². The fraction of sp³-hybridized carbons (Fsp3) is 0.0769. The average molecular weight is 425 g/mol. The summed E-state index contributed by atoms with van der Waals surface area (Å²) >= 11 is 5.03. The van der Waals surface area contributed by atoms with Crippen LogP contribution in [0.5, 0.6) is 0 Å². The Morgan fingerprint density at radius 2 is 1.67 bits per heavy atom. The lowest BCUT2D eigenvalue weighted by Crippen LogP contribution is -2.03. The van der Waals surface area contributed by atoms with Crippen LogP contribution in [0.4, 0.5) is 8.78 Å². The molecule has 0 heterocycles. The zero-order chi connectivity index (χ0) is 13.3. The quantitative estimate of drug-likeness (QED) is 0.559. The van der Waals surface area contributed by atoms with Gasteiger partial charge < -0.3 is 5.11 Å². The normalized spacial score (nSPS) is 12.5. The molecule has 2 aromatic rings. The van der Waals surface area contributed by atoms with E-state index in [2.05, 4.69) is 38.5 Å². The highest BCUT2D eigenvalue weighted by molar-refractivity contribution is 14.1. The van der Waals surface area contributed by atoms with Crippen molar-refractivity contribution < 1.29 is 13.9 Å².